The maximum Gasteiger partial charge on any atom is 0.119 e. The van der Waals surface area contributed by atoms with Crippen LogP contribution in [0.3, 0.4) is 0 Å². The number of aliphatic hydroxyl groups is 1. The summed E-state index contributed by atoms with van der Waals surface area (Å²) >= 11 is 0. The molecule has 0 atom stereocenters. The van der Waals surface area contributed by atoms with Crippen molar-refractivity contribution in [2.75, 3.05) is 19.8 Å². The van der Waals surface area contributed by atoms with Crippen LogP contribution in [0.4, 0.5) is 0 Å². The molecule has 112 valence electrons. The van der Waals surface area contributed by atoms with E-state index in [4.69, 9.17) is 4.74 Å². The van der Waals surface area contributed by atoms with Gasteiger partial charge in [0.15, 0.2) is 0 Å². The predicted octanol–water partition coefficient (Wildman–Crippen LogP) is 3.21. The molecule has 0 saturated heterocycles. The molecular weight excluding hydrogens is 250 g/mol. The lowest BCUT2D eigenvalue weighted by atomic mass is 9.94. The first-order valence-corrected chi connectivity index (χ1v) is 7.90. The van der Waals surface area contributed by atoms with E-state index >= 15 is 0 Å². The largest absolute Gasteiger partial charge is 0.494 e. The monoisotopic (exact) mass is 277 g/mol. The van der Waals surface area contributed by atoms with Crippen LogP contribution in [0.1, 0.15) is 44.6 Å². The van der Waals surface area contributed by atoms with E-state index in [9.17, 15) is 5.11 Å². The highest BCUT2D eigenvalue weighted by molar-refractivity contribution is 5.27. The highest BCUT2D eigenvalue weighted by Gasteiger charge is 2.20. The standard InChI is InChI=1S/C17H27NO2/c1-2-20-17-10-8-15(9-11-17)14-18(12-13-19)16-6-4-3-5-7-16/h8-11,16,19H,2-7,12-14H2,1H3. The summed E-state index contributed by atoms with van der Waals surface area (Å²) in [6.45, 7) is 4.65. The molecule has 0 aliphatic heterocycles. The number of aliphatic hydroxyl groups excluding tert-OH is 1. The molecule has 1 aromatic carbocycles. The Morgan fingerprint density at radius 1 is 1.15 bits per heavy atom. The molecule has 0 amide bonds. The van der Waals surface area contributed by atoms with Crippen molar-refractivity contribution in [1.29, 1.82) is 0 Å². The zero-order chi connectivity index (χ0) is 14.2. The van der Waals surface area contributed by atoms with Crippen molar-refractivity contribution in [2.24, 2.45) is 0 Å². The van der Waals surface area contributed by atoms with Gasteiger partial charge in [-0.15, -0.1) is 0 Å². The van der Waals surface area contributed by atoms with Crippen LogP contribution in [0.2, 0.25) is 0 Å². The van der Waals surface area contributed by atoms with Gasteiger partial charge in [-0.25, -0.2) is 0 Å². The summed E-state index contributed by atoms with van der Waals surface area (Å²) in [5, 5.41) is 9.30. The molecule has 0 spiro atoms. The average molecular weight is 277 g/mol. The summed E-state index contributed by atoms with van der Waals surface area (Å²) in [5.41, 5.74) is 1.30. The number of nitrogens with zero attached hydrogens (tertiary/aromatic N) is 1. The van der Waals surface area contributed by atoms with E-state index < -0.39 is 0 Å². The van der Waals surface area contributed by atoms with Gasteiger partial charge in [-0.3, -0.25) is 4.90 Å². The predicted molar refractivity (Wildman–Crippen MR) is 82.0 cm³/mol. The van der Waals surface area contributed by atoms with Crippen LogP contribution < -0.4 is 4.74 Å². The Morgan fingerprint density at radius 3 is 2.45 bits per heavy atom. The third-order valence-electron chi connectivity index (χ3n) is 4.10. The van der Waals surface area contributed by atoms with E-state index in [1.165, 1.54) is 37.7 Å². The molecule has 2 rings (SSSR count). The lowest BCUT2D eigenvalue weighted by molar-refractivity contribution is 0.117. The Labute approximate surface area is 122 Å². The molecule has 1 aromatic rings. The highest BCUT2D eigenvalue weighted by Crippen LogP contribution is 2.24. The summed E-state index contributed by atoms with van der Waals surface area (Å²) in [7, 11) is 0. The number of ether oxygens (including phenoxy) is 1. The van der Waals surface area contributed by atoms with Crippen molar-refractivity contribution >= 4 is 0 Å². The van der Waals surface area contributed by atoms with Gasteiger partial charge < -0.3 is 9.84 Å². The fraction of sp³-hybridized carbons (Fsp3) is 0.647. The third kappa shape index (κ3) is 4.50. The summed E-state index contributed by atoms with van der Waals surface area (Å²) in [4.78, 5) is 2.44. The molecule has 20 heavy (non-hydrogen) atoms. The van der Waals surface area contributed by atoms with E-state index in [-0.39, 0.29) is 6.61 Å². The van der Waals surface area contributed by atoms with Gasteiger partial charge in [-0.05, 0) is 37.5 Å². The minimum absolute atomic E-state index is 0.244. The van der Waals surface area contributed by atoms with Crippen molar-refractivity contribution in [1.82, 2.24) is 4.90 Å². The van der Waals surface area contributed by atoms with Crippen molar-refractivity contribution in [2.45, 2.75) is 51.6 Å². The van der Waals surface area contributed by atoms with Gasteiger partial charge >= 0.3 is 0 Å². The number of hydrogen-bond donors (Lipinski definition) is 1. The quantitative estimate of drug-likeness (QED) is 0.830. The summed E-state index contributed by atoms with van der Waals surface area (Å²) in [6, 6.07) is 8.99. The van der Waals surface area contributed by atoms with Crippen molar-refractivity contribution in [3.8, 4) is 5.75 Å². The summed E-state index contributed by atoms with van der Waals surface area (Å²) in [5.74, 6) is 0.933. The fourth-order valence-corrected chi connectivity index (χ4v) is 3.06. The van der Waals surface area contributed by atoms with Crippen LogP contribution in [0, 0.1) is 0 Å². The Morgan fingerprint density at radius 2 is 1.85 bits per heavy atom. The maximum absolute atomic E-state index is 9.30. The van der Waals surface area contributed by atoms with E-state index in [2.05, 4.69) is 17.0 Å². The molecular formula is C17H27NO2. The molecule has 1 N–H and O–H groups in total. The van der Waals surface area contributed by atoms with Gasteiger partial charge in [0.05, 0.1) is 13.2 Å². The lowest BCUT2D eigenvalue weighted by Crippen LogP contribution is -2.38. The summed E-state index contributed by atoms with van der Waals surface area (Å²) < 4.78 is 5.48. The topological polar surface area (TPSA) is 32.7 Å². The molecule has 3 nitrogen and oxygen atoms in total. The molecule has 0 bridgehead atoms. The average Bonchev–Trinajstić information content (AvgIpc) is 2.50. The van der Waals surface area contributed by atoms with Crippen LogP contribution in [0.25, 0.3) is 0 Å². The number of benzene rings is 1. The van der Waals surface area contributed by atoms with E-state index in [0.29, 0.717) is 12.6 Å². The van der Waals surface area contributed by atoms with E-state index in [1.807, 2.05) is 19.1 Å². The lowest BCUT2D eigenvalue weighted by Gasteiger charge is -2.34. The van der Waals surface area contributed by atoms with Gasteiger partial charge in [0, 0.05) is 19.1 Å². The Kier molecular flexibility index (Phi) is 6.34. The summed E-state index contributed by atoms with van der Waals surface area (Å²) in [6.07, 6.45) is 6.58. The van der Waals surface area contributed by atoms with Gasteiger partial charge in [0.2, 0.25) is 0 Å². The zero-order valence-corrected chi connectivity index (χ0v) is 12.6. The second kappa shape index (κ2) is 8.28. The molecule has 1 saturated carbocycles. The second-order valence-corrected chi connectivity index (χ2v) is 5.56. The Hall–Kier alpha value is -1.06. The Bertz CT molecular complexity index is 371. The van der Waals surface area contributed by atoms with Gasteiger partial charge in [-0.1, -0.05) is 31.4 Å². The second-order valence-electron chi connectivity index (χ2n) is 5.56. The van der Waals surface area contributed by atoms with Crippen LogP contribution in [0.15, 0.2) is 24.3 Å². The molecule has 1 aliphatic carbocycles. The van der Waals surface area contributed by atoms with Crippen LogP contribution >= 0.6 is 0 Å². The molecule has 0 aromatic heterocycles. The minimum Gasteiger partial charge on any atom is -0.494 e. The van der Waals surface area contributed by atoms with Gasteiger partial charge in [-0.2, -0.15) is 0 Å². The van der Waals surface area contributed by atoms with Gasteiger partial charge in [0.25, 0.3) is 0 Å². The van der Waals surface area contributed by atoms with Crippen molar-refractivity contribution in [3.63, 3.8) is 0 Å². The minimum atomic E-state index is 0.244. The highest BCUT2D eigenvalue weighted by atomic mass is 16.5. The molecule has 3 heteroatoms. The van der Waals surface area contributed by atoms with E-state index in [1.54, 1.807) is 0 Å². The SMILES string of the molecule is CCOc1ccc(CN(CCO)C2CCCCC2)cc1. The normalized spacial score (nSPS) is 16.6. The van der Waals surface area contributed by atoms with Crippen molar-refractivity contribution < 1.29 is 9.84 Å². The maximum atomic E-state index is 9.30. The first kappa shape index (κ1) is 15.3. The van der Waals surface area contributed by atoms with Gasteiger partial charge in [0.1, 0.15) is 5.75 Å². The zero-order valence-electron chi connectivity index (χ0n) is 12.6. The first-order valence-electron chi connectivity index (χ1n) is 7.90. The molecule has 0 heterocycles. The smallest absolute Gasteiger partial charge is 0.119 e. The van der Waals surface area contributed by atoms with Crippen LogP contribution in [-0.2, 0) is 6.54 Å². The Balaban J connectivity index is 1.95. The van der Waals surface area contributed by atoms with Crippen LogP contribution in [-0.4, -0.2) is 35.8 Å². The third-order valence-corrected chi connectivity index (χ3v) is 4.10. The van der Waals surface area contributed by atoms with Crippen LogP contribution in [0.5, 0.6) is 5.75 Å². The molecule has 1 aliphatic rings. The number of rotatable bonds is 7. The number of hydrogen-bond acceptors (Lipinski definition) is 3. The molecule has 0 radical (unpaired) electrons. The van der Waals surface area contributed by atoms with Crippen molar-refractivity contribution in [3.05, 3.63) is 29.8 Å². The fourth-order valence-electron chi connectivity index (χ4n) is 3.06. The molecule has 0 unspecified atom stereocenters. The van der Waals surface area contributed by atoms with E-state index in [0.717, 1.165) is 18.8 Å². The molecule has 1 fully saturated rings. The first-order chi connectivity index (χ1) is 9.83.